The highest BCUT2D eigenvalue weighted by molar-refractivity contribution is 7.17. The molecule has 0 fully saturated rings. The van der Waals surface area contributed by atoms with Crippen LogP contribution < -0.4 is 20.7 Å². The van der Waals surface area contributed by atoms with Crippen molar-refractivity contribution < 1.29 is 19.1 Å². The van der Waals surface area contributed by atoms with Crippen LogP contribution in [0, 0.1) is 6.92 Å². The van der Waals surface area contributed by atoms with Crippen molar-refractivity contribution in [3.05, 3.63) is 105 Å². The third kappa shape index (κ3) is 5.92. The molecule has 0 radical (unpaired) electrons. The predicted octanol–water partition coefficient (Wildman–Crippen LogP) is 7.09. The van der Waals surface area contributed by atoms with Gasteiger partial charge in [0.2, 0.25) is 0 Å². The Morgan fingerprint density at radius 2 is 1.48 bits per heavy atom. The van der Waals surface area contributed by atoms with E-state index in [1.54, 1.807) is 55.6 Å². The molecule has 204 valence electrons. The van der Waals surface area contributed by atoms with Crippen LogP contribution in [0.2, 0.25) is 0 Å². The van der Waals surface area contributed by atoms with Crippen molar-refractivity contribution in [3.63, 3.8) is 0 Å². The second kappa shape index (κ2) is 12.2. The quantitative estimate of drug-likeness (QED) is 0.213. The second-order valence-electron chi connectivity index (χ2n) is 9.75. The van der Waals surface area contributed by atoms with E-state index in [4.69, 9.17) is 4.74 Å². The number of rotatable bonds is 7. The van der Waals surface area contributed by atoms with E-state index in [2.05, 4.69) is 16.0 Å². The zero-order chi connectivity index (χ0) is 28.1. The van der Waals surface area contributed by atoms with Crippen molar-refractivity contribution >= 4 is 45.4 Å². The lowest BCUT2D eigenvalue weighted by molar-refractivity contribution is 0.101. The number of fused-ring (bicyclic) bond motifs is 1. The van der Waals surface area contributed by atoms with E-state index in [1.807, 2.05) is 31.2 Å². The summed E-state index contributed by atoms with van der Waals surface area (Å²) in [6.45, 7) is 1.92. The molecule has 40 heavy (non-hydrogen) atoms. The minimum absolute atomic E-state index is 0.291. The van der Waals surface area contributed by atoms with E-state index in [-0.39, 0.29) is 11.8 Å². The van der Waals surface area contributed by atoms with Gasteiger partial charge in [-0.05, 0) is 74.6 Å². The monoisotopic (exact) mass is 553 g/mol. The molecule has 3 N–H and O–H groups in total. The number of thiophene rings is 1. The molecule has 3 amide bonds. The Bertz CT molecular complexity index is 1580. The average molecular weight is 554 g/mol. The van der Waals surface area contributed by atoms with Crippen LogP contribution in [0.4, 0.5) is 16.4 Å². The lowest BCUT2D eigenvalue weighted by atomic mass is 10.0. The molecule has 1 aromatic heterocycles. The van der Waals surface area contributed by atoms with Gasteiger partial charge in [-0.15, -0.1) is 11.3 Å². The molecule has 0 aliphatic heterocycles. The summed E-state index contributed by atoms with van der Waals surface area (Å²) in [5.74, 6) is -0.437. The van der Waals surface area contributed by atoms with E-state index >= 15 is 0 Å². The van der Waals surface area contributed by atoms with Crippen LogP contribution in [0.15, 0.2) is 72.8 Å². The molecular formula is C32H31N3O4S. The molecule has 0 atom stereocenters. The molecule has 3 aromatic carbocycles. The number of anilines is 3. The maximum atomic E-state index is 13.7. The summed E-state index contributed by atoms with van der Waals surface area (Å²) in [6.07, 6.45) is 4.78. The fraction of sp³-hybridized carbons (Fsp3) is 0.219. The third-order valence-electron chi connectivity index (χ3n) is 6.93. The van der Waals surface area contributed by atoms with Crippen LogP contribution in [0.25, 0.3) is 0 Å². The first kappa shape index (κ1) is 27.1. The van der Waals surface area contributed by atoms with E-state index < -0.39 is 5.91 Å². The molecule has 0 bridgehead atoms. The van der Waals surface area contributed by atoms with Crippen molar-refractivity contribution in [2.75, 3.05) is 23.1 Å². The summed E-state index contributed by atoms with van der Waals surface area (Å²) in [5.41, 5.74) is 4.22. The molecule has 4 aromatic rings. The van der Waals surface area contributed by atoms with Gasteiger partial charge in [-0.25, -0.2) is 0 Å². The number of nitrogens with one attached hydrogen (secondary N) is 3. The first-order chi connectivity index (χ1) is 19.4. The fourth-order valence-electron chi connectivity index (χ4n) is 4.94. The zero-order valence-electron chi connectivity index (χ0n) is 22.5. The van der Waals surface area contributed by atoms with Crippen molar-refractivity contribution in [1.29, 1.82) is 0 Å². The Morgan fingerprint density at radius 1 is 0.750 bits per heavy atom. The third-order valence-corrected chi connectivity index (χ3v) is 8.14. The summed E-state index contributed by atoms with van der Waals surface area (Å²) < 4.78 is 5.42. The Morgan fingerprint density at radius 3 is 2.27 bits per heavy atom. The van der Waals surface area contributed by atoms with Gasteiger partial charge in [0, 0.05) is 10.4 Å². The lowest BCUT2D eigenvalue weighted by Gasteiger charge is -2.14. The zero-order valence-corrected chi connectivity index (χ0v) is 23.3. The van der Waals surface area contributed by atoms with E-state index in [1.165, 1.54) is 11.3 Å². The molecule has 1 aliphatic carbocycles. The SMILES string of the molecule is COc1ccccc1NC(=O)c1c(NC(=O)c2ccccc2NC(=O)c2cccc(C)c2)sc2c1CCCCC2. The lowest BCUT2D eigenvalue weighted by Crippen LogP contribution is -2.20. The number of hydrogen-bond acceptors (Lipinski definition) is 5. The van der Waals surface area contributed by atoms with Gasteiger partial charge in [-0.3, -0.25) is 14.4 Å². The number of carbonyl (C=O) groups excluding carboxylic acids is 3. The standard InChI is InChI=1S/C32H31N3O4S/c1-20-11-10-12-21(19-20)29(36)33-24-15-7-6-13-22(24)30(37)35-32-28(23-14-4-3-5-18-27(23)40-32)31(38)34-25-16-8-9-17-26(25)39-2/h6-13,15-17,19H,3-5,14,18H2,1-2H3,(H,33,36)(H,34,38)(H,35,37). The number of para-hydroxylation sites is 3. The molecule has 0 unspecified atom stereocenters. The first-order valence-electron chi connectivity index (χ1n) is 13.3. The number of methoxy groups -OCH3 is 1. The molecule has 1 aliphatic rings. The Hall–Kier alpha value is -4.43. The highest BCUT2D eigenvalue weighted by Gasteiger charge is 2.27. The smallest absolute Gasteiger partial charge is 0.259 e. The largest absolute Gasteiger partial charge is 0.495 e. The predicted molar refractivity (Wildman–Crippen MR) is 160 cm³/mol. The molecular weight excluding hydrogens is 522 g/mol. The number of benzene rings is 3. The number of ether oxygens (including phenoxy) is 1. The summed E-state index contributed by atoms with van der Waals surface area (Å²) in [6, 6.07) is 21.4. The van der Waals surface area contributed by atoms with Crippen LogP contribution in [0.1, 0.15) is 66.3 Å². The number of aryl methyl sites for hydroxylation is 2. The molecule has 8 heteroatoms. The van der Waals surface area contributed by atoms with Gasteiger partial charge in [0.25, 0.3) is 17.7 Å². The maximum absolute atomic E-state index is 13.7. The van der Waals surface area contributed by atoms with Gasteiger partial charge in [0.15, 0.2) is 0 Å². The number of hydrogen-bond donors (Lipinski definition) is 3. The van der Waals surface area contributed by atoms with Crippen LogP contribution >= 0.6 is 11.3 Å². The van der Waals surface area contributed by atoms with Crippen molar-refractivity contribution in [2.24, 2.45) is 0 Å². The van der Waals surface area contributed by atoms with Crippen LogP contribution in [-0.2, 0) is 12.8 Å². The molecule has 0 saturated heterocycles. The highest BCUT2D eigenvalue weighted by Crippen LogP contribution is 2.39. The molecule has 0 saturated carbocycles. The van der Waals surface area contributed by atoms with Crippen LogP contribution in [0.3, 0.4) is 0 Å². The average Bonchev–Trinajstić information content (AvgIpc) is 3.13. The minimum atomic E-state index is -0.400. The van der Waals surface area contributed by atoms with Gasteiger partial charge >= 0.3 is 0 Å². The summed E-state index contributed by atoms with van der Waals surface area (Å²) in [5, 5.41) is 9.36. The summed E-state index contributed by atoms with van der Waals surface area (Å²) >= 11 is 1.45. The normalized spacial score (nSPS) is 12.6. The number of carbonyl (C=O) groups is 3. The van der Waals surface area contributed by atoms with E-state index in [0.29, 0.717) is 38.8 Å². The fourth-order valence-corrected chi connectivity index (χ4v) is 6.23. The molecule has 1 heterocycles. The van der Waals surface area contributed by atoms with Crippen molar-refractivity contribution in [3.8, 4) is 5.75 Å². The van der Waals surface area contributed by atoms with E-state index in [9.17, 15) is 14.4 Å². The van der Waals surface area contributed by atoms with Crippen molar-refractivity contribution in [2.45, 2.75) is 39.0 Å². The summed E-state index contributed by atoms with van der Waals surface area (Å²) in [4.78, 5) is 41.4. The number of amides is 3. The van der Waals surface area contributed by atoms with Gasteiger partial charge < -0.3 is 20.7 Å². The maximum Gasteiger partial charge on any atom is 0.259 e. The first-order valence-corrected chi connectivity index (χ1v) is 14.1. The van der Waals surface area contributed by atoms with Gasteiger partial charge in [-0.1, -0.05) is 48.4 Å². The molecule has 0 spiro atoms. The van der Waals surface area contributed by atoms with Gasteiger partial charge in [0.05, 0.1) is 29.6 Å². The minimum Gasteiger partial charge on any atom is -0.495 e. The van der Waals surface area contributed by atoms with E-state index in [0.717, 1.165) is 48.1 Å². The van der Waals surface area contributed by atoms with Gasteiger partial charge in [-0.2, -0.15) is 0 Å². The Labute approximate surface area is 237 Å². The molecule has 5 rings (SSSR count). The van der Waals surface area contributed by atoms with Crippen LogP contribution in [0.5, 0.6) is 5.75 Å². The Kier molecular flexibility index (Phi) is 8.26. The molecule has 7 nitrogen and oxygen atoms in total. The summed E-state index contributed by atoms with van der Waals surface area (Å²) in [7, 11) is 1.56. The van der Waals surface area contributed by atoms with Crippen molar-refractivity contribution in [1.82, 2.24) is 0 Å². The second-order valence-corrected chi connectivity index (χ2v) is 10.9. The van der Waals surface area contributed by atoms with Crippen LogP contribution in [-0.4, -0.2) is 24.8 Å². The van der Waals surface area contributed by atoms with Gasteiger partial charge in [0.1, 0.15) is 10.8 Å². The Balaban J connectivity index is 1.44. The topological polar surface area (TPSA) is 96.5 Å². The highest BCUT2D eigenvalue weighted by atomic mass is 32.1.